The molecule has 1 aliphatic carbocycles. The molecule has 4 aromatic rings. The van der Waals surface area contributed by atoms with Gasteiger partial charge in [0.15, 0.2) is 0 Å². The van der Waals surface area contributed by atoms with Gasteiger partial charge < -0.3 is 15.5 Å². The fraction of sp³-hybridized carbons (Fsp3) is 0.333. The van der Waals surface area contributed by atoms with Gasteiger partial charge in [-0.05, 0) is 65.3 Å². The zero-order valence-corrected chi connectivity index (χ0v) is 18.8. The van der Waals surface area contributed by atoms with Crippen molar-refractivity contribution in [1.29, 1.82) is 0 Å². The normalized spacial score (nSPS) is 17.5. The van der Waals surface area contributed by atoms with Crippen LogP contribution >= 0.6 is 0 Å². The Labute approximate surface area is 193 Å². The molecule has 0 radical (unpaired) electrons. The Kier molecular flexibility index (Phi) is 5.42. The van der Waals surface area contributed by atoms with Crippen LogP contribution in [0.2, 0.25) is 0 Å². The zero-order chi connectivity index (χ0) is 22.2. The van der Waals surface area contributed by atoms with E-state index in [2.05, 4.69) is 46.3 Å². The van der Waals surface area contributed by atoms with E-state index in [1.165, 1.54) is 39.9 Å². The zero-order valence-electron chi connectivity index (χ0n) is 18.8. The molecule has 2 aromatic carbocycles. The maximum absolute atomic E-state index is 6.25. The Morgan fingerprint density at radius 2 is 1.97 bits per heavy atom. The number of pyridine rings is 1. The van der Waals surface area contributed by atoms with Gasteiger partial charge in [-0.1, -0.05) is 30.3 Å². The van der Waals surface area contributed by atoms with E-state index >= 15 is 0 Å². The van der Waals surface area contributed by atoms with Crippen molar-refractivity contribution < 1.29 is 4.74 Å². The van der Waals surface area contributed by atoms with Gasteiger partial charge in [0.25, 0.3) is 0 Å². The average molecular weight is 440 g/mol. The number of imidazole rings is 1. The van der Waals surface area contributed by atoms with Gasteiger partial charge in [-0.2, -0.15) is 0 Å². The number of nitrogens with one attached hydrogen (secondary N) is 1. The Hall–Kier alpha value is -3.06. The van der Waals surface area contributed by atoms with Gasteiger partial charge in [-0.15, -0.1) is 0 Å². The SMILES string of the molecule is NCc1c(CN(Cc2nc3ccccc3[nH]2)C2CCCc3cccnc32)ccc2c1COC2. The monoisotopic (exact) mass is 439 g/mol. The number of aromatic nitrogens is 3. The van der Waals surface area contributed by atoms with Crippen molar-refractivity contribution in [2.45, 2.75) is 58.2 Å². The molecule has 0 bridgehead atoms. The van der Waals surface area contributed by atoms with Crippen LogP contribution in [0.1, 0.15) is 58.2 Å². The van der Waals surface area contributed by atoms with Crippen molar-refractivity contribution in [3.8, 4) is 0 Å². The largest absolute Gasteiger partial charge is 0.372 e. The molecule has 3 N–H and O–H groups in total. The molecule has 6 rings (SSSR count). The molecular formula is C27H29N5O. The van der Waals surface area contributed by atoms with Gasteiger partial charge in [-0.25, -0.2) is 4.98 Å². The first-order valence-electron chi connectivity index (χ1n) is 11.8. The quantitative estimate of drug-likeness (QED) is 0.462. The third-order valence-electron chi connectivity index (χ3n) is 7.10. The van der Waals surface area contributed by atoms with E-state index in [0.717, 1.165) is 42.8 Å². The number of H-pyrrole nitrogens is 1. The second-order valence-corrected chi connectivity index (χ2v) is 9.10. The highest BCUT2D eigenvalue weighted by Gasteiger charge is 2.29. The van der Waals surface area contributed by atoms with Gasteiger partial charge in [0.1, 0.15) is 5.82 Å². The highest BCUT2D eigenvalue weighted by molar-refractivity contribution is 5.74. The summed E-state index contributed by atoms with van der Waals surface area (Å²) in [6.45, 7) is 3.41. The third kappa shape index (κ3) is 3.84. The maximum atomic E-state index is 6.25. The van der Waals surface area contributed by atoms with E-state index in [9.17, 15) is 0 Å². The number of hydrogen-bond acceptors (Lipinski definition) is 5. The summed E-state index contributed by atoms with van der Waals surface area (Å²) < 4.78 is 5.72. The van der Waals surface area contributed by atoms with Crippen molar-refractivity contribution in [2.75, 3.05) is 0 Å². The van der Waals surface area contributed by atoms with Crippen molar-refractivity contribution >= 4 is 11.0 Å². The van der Waals surface area contributed by atoms with Crippen molar-refractivity contribution in [3.63, 3.8) is 0 Å². The molecule has 2 aliphatic rings. The Morgan fingerprint density at radius 1 is 1.03 bits per heavy atom. The minimum absolute atomic E-state index is 0.248. The molecule has 33 heavy (non-hydrogen) atoms. The topological polar surface area (TPSA) is 80.1 Å². The van der Waals surface area contributed by atoms with Crippen LogP contribution in [-0.2, 0) is 44.0 Å². The van der Waals surface area contributed by atoms with Gasteiger partial charge in [0.05, 0.1) is 42.5 Å². The number of benzene rings is 2. The Balaban J connectivity index is 1.39. The van der Waals surface area contributed by atoms with Crippen molar-refractivity contribution in [3.05, 3.63) is 94.1 Å². The number of fused-ring (bicyclic) bond motifs is 3. The third-order valence-corrected chi connectivity index (χ3v) is 7.10. The van der Waals surface area contributed by atoms with E-state index in [-0.39, 0.29) is 6.04 Å². The van der Waals surface area contributed by atoms with Crippen LogP contribution < -0.4 is 5.73 Å². The summed E-state index contributed by atoms with van der Waals surface area (Å²) in [5.74, 6) is 0.984. The summed E-state index contributed by atoms with van der Waals surface area (Å²) in [6, 6.07) is 17.2. The second kappa shape index (κ2) is 8.71. The van der Waals surface area contributed by atoms with Crippen molar-refractivity contribution in [2.24, 2.45) is 5.73 Å². The molecule has 1 unspecified atom stereocenters. The Morgan fingerprint density at radius 3 is 2.88 bits per heavy atom. The molecule has 2 aromatic heterocycles. The lowest BCUT2D eigenvalue weighted by Gasteiger charge is -2.35. The average Bonchev–Trinajstić information content (AvgIpc) is 3.49. The summed E-state index contributed by atoms with van der Waals surface area (Å²) in [6.07, 6.45) is 5.29. The minimum atomic E-state index is 0.248. The standard InChI is InChI=1S/C27H29N5O/c28-13-21-19(10-11-20-16-33-17-22(20)21)14-32(15-26-30-23-7-1-2-8-24(23)31-26)25-9-3-5-18-6-4-12-29-27(18)25/h1-2,4,6-8,10-12,25H,3,5,9,13-17,28H2,(H,30,31). The first-order chi connectivity index (χ1) is 16.3. The molecule has 3 heterocycles. The van der Waals surface area contributed by atoms with Crippen LogP contribution in [0.4, 0.5) is 0 Å². The fourth-order valence-corrected chi connectivity index (χ4v) is 5.48. The summed E-state index contributed by atoms with van der Waals surface area (Å²) in [7, 11) is 0. The van der Waals surface area contributed by atoms with E-state index in [1.807, 2.05) is 18.3 Å². The molecule has 0 amide bonds. The van der Waals surface area contributed by atoms with Crippen LogP contribution in [0.25, 0.3) is 11.0 Å². The number of rotatable bonds is 6. The lowest BCUT2D eigenvalue weighted by molar-refractivity contribution is 0.134. The number of nitrogens with zero attached hydrogens (tertiary/aromatic N) is 3. The minimum Gasteiger partial charge on any atom is -0.372 e. The van der Waals surface area contributed by atoms with Gasteiger partial charge in [-0.3, -0.25) is 9.88 Å². The number of aromatic amines is 1. The molecule has 0 fully saturated rings. The highest BCUT2D eigenvalue weighted by Crippen LogP contribution is 2.36. The summed E-state index contributed by atoms with van der Waals surface area (Å²) in [5, 5.41) is 0. The second-order valence-electron chi connectivity index (χ2n) is 9.10. The number of para-hydroxylation sites is 2. The van der Waals surface area contributed by atoms with Crippen molar-refractivity contribution in [1.82, 2.24) is 19.9 Å². The van der Waals surface area contributed by atoms with Crippen LogP contribution in [0, 0.1) is 0 Å². The molecule has 0 saturated carbocycles. The number of hydrogen-bond donors (Lipinski definition) is 2. The molecule has 1 atom stereocenters. The predicted molar refractivity (Wildman–Crippen MR) is 128 cm³/mol. The van der Waals surface area contributed by atoms with E-state index in [4.69, 9.17) is 20.4 Å². The highest BCUT2D eigenvalue weighted by atomic mass is 16.5. The van der Waals surface area contributed by atoms with E-state index in [1.54, 1.807) is 0 Å². The lowest BCUT2D eigenvalue weighted by atomic mass is 9.90. The van der Waals surface area contributed by atoms with Gasteiger partial charge >= 0.3 is 0 Å². The molecular weight excluding hydrogens is 410 g/mol. The van der Waals surface area contributed by atoms with Gasteiger partial charge in [0.2, 0.25) is 0 Å². The number of ether oxygens (including phenoxy) is 1. The van der Waals surface area contributed by atoms with Crippen LogP contribution in [0.5, 0.6) is 0 Å². The number of nitrogens with two attached hydrogens (primary N) is 1. The maximum Gasteiger partial charge on any atom is 0.121 e. The Bertz CT molecular complexity index is 1260. The fourth-order valence-electron chi connectivity index (χ4n) is 5.48. The molecule has 6 heteroatoms. The summed E-state index contributed by atoms with van der Waals surface area (Å²) in [5.41, 5.74) is 16.0. The summed E-state index contributed by atoms with van der Waals surface area (Å²) >= 11 is 0. The molecule has 0 saturated heterocycles. The van der Waals surface area contributed by atoms with E-state index < -0.39 is 0 Å². The van der Waals surface area contributed by atoms with Gasteiger partial charge in [0, 0.05) is 19.3 Å². The molecule has 6 nitrogen and oxygen atoms in total. The predicted octanol–water partition coefficient (Wildman–Crippen LogP) is 4.53. The number of aryl methyl sites for hydroxylation is 1. The van der Waals surface area contributed by atoms with Crippen LogP contribution in [0.3, 0.4) is 0 Å². The molecule has 1 aliphatic heterocycles. The van der Waals surface area contributed by atoms with Crippen LogP contribution in [-0.4, -0.2) is 19.9 Å². The molecule has 168 valence electrons. The van der Waals surface area contributed by atoms with E-state index in [0.29, 0.717) is 19.8 Å². The molecule has 0 spiro atoms. The first kappa shape index (κ1) is 20.5. The summed E-state index contributed by atoms with van der Waals surface area (Å²) in [4.78, 5) is 15.8. The van der Waals surface area contributed by atoms with Crippen LogP contribution in [0.15, 0.2) is 54.7 Å². The first-order valence-corrected chi connectivity index (χ1v) is 11.8. The smallest absolute Gasteiger partial charge is 0.121 e. The lowest BCUT2D eigenvalue weighted by Crippen LogP contribution is -2.32.